The lowest BCUT2D eigenvalue weighted by Gasteiger charge is -2.08. The Labute approximate surface area is 68.4 Å². The fourth-order valence-corrected chi connectivity index (χ4v) is 0.289. The molecule has 70 valence electrons. The van der Waals surface area contributed by atoms with Crippen LogP contribution >= 0.6 is 0 Å². The van der Waals surface area contributed by atoms with E-state index in [4.69, 9.17) is 0 Å². The number of ether oxygens (including phenoxy) is 4. The summed E-state index contributed by atoms with van der Waals surface area (Å²) in [6.07, 6.45) is 0. The first kappa shape index (κ1) is 13.4. The van der Waals surface area contributed by atoms with Gasteiger partial charge in [0.25, 0.3) is 6.48 Å². The Morgan fingerprint density at radius 1 is 0.909 bits per heavy atom. The van der Waals surface area contributed by atoms with Crippen molar-refractivity contribution >= 4 is 0 Å². The van der Waals surface area contributed by atoms with Gasteiger partial charge in [0.2, 0.25) is 0 Å². The van der Waals surface area contributed by atoms with Gasteiger partial charge >= 0.3 is 0 Å². The summed E-state index contributed by atoms with van der Waals surface area (Å²) in [5, 5.41) is 0. The Balaban J connectivity index is 0. The van der Waals surface area contributed by atoms with Crippen LogP contribution in [0.3, 0.4) is 0 Å². The largest absolute Gasteiger partial charge is 0.385 e. The van der Waals surface area contributed by atoms with Gasteiger partial charge in [0.15, 0.2) is 0 Å². The van der Waals surface area contributed by atoms with Crippen LogP contribution in [0.2, 0.25) is 0 Å². The molecular weight excluding hydrogens is 148 g/mol. The molecular formula is C7H18O4. The molecule has 0 rings (SSSR count). The SMILES string of the molecule is CCOC.COC(OC)OC. The van der Waals surface area contributed by atoms with E-state index in [-0.39, 0.29) is 0 Å². The van der Waals surface area contributed by atoms with Gasteiger partial charge in [-0.15, -0.1) is 0 Å². The van der Waals surface area contributed by atoms with Crippen molar-refractivity contribution in [3.63, 3.8) is 0 Å². The molecule has 11 heavy (non-hydrogen) atoms. The third kappa shape index (κ3) is 12.9. The summed E-state index contributed by atoms with van der Waals surface area (Å²) in [5.41, 5.74) is 0. The molecule has 0 N–H and O–H groups in total. The lowest BCUT2D eigenvalue weighted by Crippen LogP contribution is -2.14. The molecule has 0 aliphatic carbocycles. The third-order valence-electron chi connectivity index (χ3n) is 0.866. The summed E-state index contributed by atoms with van der Waals surface area (Å²) >= 11 is 0. The highest BCUT2D eigenvalue weighted by Crippen LogP contribution is 1.87. The van der Waals surface area contributed by atoms with Gasteiger partial charge in [0, 0.05) is 35.0 Å². The minimum absolute atomic E-state index is 0.514. The highest BCUT2D eigenvalue weighted by molar-refractivity contribution is 4.08. The molecule has 0 aromatic carbocycles. The highest BCUT2D eigenvalue weighted by Gasteiger charge is 1.96. The summed E-state index contributed by atoms with van der Waals surface area (Å²) in [7, 11) is 6.22. The molecule has 0 saturated heterocycles. The molecule has 0 amide bonds. The van der Waals surface area contributed by atoms with Crippen LogP contribution in [0.5, 0.6) is 0 Å². The minimum Gasteiger partial charge on any atom is -0.385 e. The fourth-order valence-electron chi connectivity index (χ4n) is 0.289. The summed E-state index contributed by atoms with van der Waals surface area (Å²) in [4.78, 5) is 0. The average Bonchev–Trinajstić information content (AvgIpc) is 2.08. The van der Waals surface area contributed by atoms with Crippen molar-refractivity contribution in [1.82, 2.24) is 0 Å². The molecule has 0 spiro atoms. The summed E-state index contributed by atoms with van der Waals surface area (Å²) < 4.78 is 18.4. The van der Waals surface area contributed by atoms with Crippen molar-refractivity contribution in [2.24, 2.45) is 0 Å². The van der Waals surface area contributed by atoms with E-state index in [2.05, 4.69) is 18.9 Å². The van der Waals surface area contributed by atoms with Crippen molar-refractivity contribution in [2.45, 2.75) is 13.4 Å². The molecule has 0 unspecified atom stereocenters. The molecule has 0 aliphatic rings. The molecule has 0 fully saturated rings. The van der Waals surface area contributed by atoms with Gasteiger partial charge in [0.1, 0.15) is 0 Å². The van der Waals surface area contributed by atoms with Crippen LogP contribution in [0.4, 0.5) is 0 Å². The van der Waals surface area contributed by atoms with E-state index in [1.807, 2.05) is 6.92 Å². The van der Waals surface area contributed by atoms with E-state index < -0.39 is 6.48 Å². The monoisotopic (exact) mass is 166 g/mol. The smallest absolute Gasteiger partial charge is 0.270 e. The third-order valence-corrected chi connectivity index (χ3v) is 0.866. The second-order valence-electron chi connectivity index (χ2n) is 1.57. The van der Waals surface area contributed by atoms with Crippen LogP contribution in [0.15, 0.2) is 0 Å². The van der Waals surface area contributed by atoms with Crippen molar-refractivity contribution in [3.8, 4) is 0 Å². The van der Waals surface area contributed by atoms with E-state index in [0.29, 0.717) is 0 Å². The van der Waals surface area contributed by atoms with Gasteiger partial charge in [-0.3, -0.25) is 0 Å². The number of hydrogen-bond acceptors (Lipinski definition) is 4. The second-order valence-corrected chi connectivity index (χ2v) is 1.57. The fraction of sp³-hybridized carbons (Fsp3) is 1.00. The second kappa shape index (κ2) is 12.5. The van der Waals surface area contributed by atoms with E-state index >= 15 is 0 Å². The molecule has 0 aliphatic heterocycles. The van der Waals surface area contributed by atoms with Crippen LogP contribution in [0.1, 0.15) is 6.92 Å². The van der Waals surface area contributed by atoms with Crippen LogP contribution in [0, 0.1) is 0 Å². The molecule has 0 bridgehead atoms. The molecule has 4 heteroatoms. The Bertz CT molecular complexity index is 46.9. The lowest BCUT2D eigenvalue weighted by atomic mass is 10.9. The van der Waals surface area contributed by atoms with E-state index in [1.165, 1.54) is 21.3 Å². The Morgan fingerprint density at radius 3 is 1.18 bits per heavy atom. The molecule has 0 aromatic heterocycles. The topological polar surface area (TPSA) is 36.9 Å². The molecule has 4 nitrogen and oxygen atoms in total. The van der Waals surface area contributed by atoms with Gasteiger partial charge in [-0.05, 0) is 6.92 Å². The Kier molecular flexibility index (Phi) is 15.3. The predicted molar refractivity (Wildman–Crippen MR) is 42.4 cm³/mol. The first-order chi connectivity index (χ1) is 5.26. The molecule has 0 aromatic rings. The zero-order valence-electron chi connectivity index (χ0n) is 7.92. The first-order valence-corrected chi connectivity index (χ1v) is 3.34. The molecule has 0 radical (unpaired) electrons. The van der Waals surface area contributed by atoms with Crippen LogP contribution < -0.4 is 0 Å². The normalized spacial score (nSPS) is 9.27. The quantitative estimate of drug-likeness (QED) is 0.580. The van der Waals surface area contributed by atoms with Crippen LogP contribution in [0.25, 0.3) is 0 Å². The maximum atomic E-state index is 4.60. The van der Waals surface area contributed by atoms with Crippen molar-refractivity contribution in [3.05, 3.63) is 0 Å². The number of hydrogen-bond donors (Lipinski definition) is 0. The van der Waals surface area contributed by atoms with E-state index in [0.717, 1.165) is 6.61 Å². The first-order valence-electron chi connectivity index (χ1n) is 3.34. The number of methoxy groups -OCH3 is 4. The highest BCUT2D eigenvalue weighted by atomic mass is 16.8. The van der Waals surface area contributed by atoms with Crippen molar-refractivity contribution in [2.75, 3.05) is 35.0 Å². The molecule has 0 saturated carbocycles. The minimum atomic E-state index is -0.514. The summed E-state index contributed by atoms with van der Waals surface area (Å²) in [6, 6.07) is 0. The van der Waals surface area contributed by atoms with Gasteiger partial charge in [-0.25, -0.2) is 0 Å². The summed E-state index contributed by atoms with van der Waals surface area (Å²) in [5.74, 6) is 0. The molecule has 0 atom stereocenters. The maximum absolute atomic E-state index is 4.60. The summed E-state index contributed by atoms with van der Waals surface area (Å²) in [6.45, 7) is 2.26. The van der Waals surface area contributed by atoms with Gasteiger partial charge in [-0.1, -0.05) is 0 Å². The molecule has 0 heterocycles. The lowest BCUT2D eigenvalue weighted by molar-refractivity contribution is -0.252. The van der Waals surface area contributed by atoms with E-state index in [1.54, 1.807) is 7.11 Å². The average molecular weight is 166 g/mol. The van der Waals surface area contributed by atoms with Crippen molar-refractivity contribution < 1.29 is 18.9 Å². The van der Waals surface area contributed by atoms with Gasteiger partial charge in [0.05, 0.1) is 0 Å². The van der Waals surface area contributed by atoms with Gasteiger partial charge in [-0.2, -0.15) is 0 Å². The van der Waals surface area contributed by atoms with Gasteiger partial charge < -0.3 is 18.9 Å². The predicted octanol–water partition coefficient (Wildman–Crippen LogP) is 0.862. The van der Waals surface area contributed by atoms with Crippen LogP contribution in [-0.2, 0) is 18.9 Å². The van der Waals surface area contributed by atoms with Crippen LogP contribution in [-0.4, -0.2) is 41.5 Å². The standard InChI is InChI=1S/C4H10O3.C3H8O/c1-5-4(6-2)7-3;1-3-4-2/h4H,1-3H3;3H2,1-2H3. The Hall–Kier alpha value is -0.160. The maximum Gasteiger partial charge on any atom is 0.270 e. The van der Waals surface area contributed by atoms with Crippen molar-refractivity contribution in [1.29, 1.82) is 0 Å². The zero-order chi connectivity index (χ0) is 9.11. The van der Waals surface area contributed by atoms with E-state index in [9.17, 15) is 0 Å². The zero-order valence-corrected chi connectivity index (χ0v) is 7.92. The Morgan fingerprint density at radius 2 is 1.18 bits per heavy atom. The number of rotatable bonds is 4.